The maximum absolute atomic E-state index is 13.8. The summed E-state index contributed by atoms with van der Waals surface area (Å²) < 4.78 is 31.8. The molecule has 1 fully saturated rings. The summed E-state index contributed by atoms with van der Waals surface area (Å²) in [5.74, 6) is -1.15. The van der Waals surface area contributed by atoms with E-state index in [1.165, 1.54) is 26.0 Å². The molecule has 1 aromatic carbocycles. The highest BCUT2D eigenvalue weighted by molar-refractivity contribution is 5.90. The summed E-state index contributed by atoms with van der Waals surface area (Å²) in [6.07, 6.45) is 4.60. The molecule has 1 aliphatic carbocycles. The molecule has 0 aliphatic heterocycles. The Hall–Kier alpha value is -1.65. The van der Waals surface area contributed by atoms with E-state index in [-0.39, 0.29) is 11.3 Å². The molecule has 1 saturated carbocycles. The topological polar surface area (TPSA) is 38.3 Å². The molecule has 0 spiro atoms. The summed E-state index contributed by atoms with van der Waals surface area (Å²) in [6.45, 7) is 2.88. The first kappa shape index (κ1) is 15.7. The zero-order chi connectivity index (χ0) is 15.4. The molecule has 5 heteroatoms. The SMILES string of the molecule is COC(=O)c1cc(NCC2CCC(C)CC2)c(F)cc1F. The molecule has 1 aliphatic rings. The Labute approximate surface area is 123 Å². The van der Waals surface area contributed by atoms with E-state index in [0.29, 0.717) is 12.5 Å². The van der Waals surface area contributed by atoms with Crippen LogP contribution in [0, 0.1) is 23.5 Å². The first-order valence-corrected chi connectivity index (χ1v) is 7.32. The smallest absolute Gasteiger partial charge is 0.340 e. The van der Waals surface area contributed by atoms with Crippen LogP contribution < -0.4 is 5.32 Å². The number of benzene rings is 1. The number of hydrogen-bond donors (Lipinski definition) is 1. The lowest BCUT2D eigenvalue weighted by molar-refractivity contribution is 0.0595. The van der Waals surface area contributed by atoms with E-state index in [1.807, 2.05) is 0 Å². The second-order valence-electron chi connectivity index (χ2n) is 5.81. The second kappa shape index (κ2) is 6.87. The molecule has 3 nitrogen and oxygen atoms in total. The van der Waals surface area contributed by atoms with Crippen molar-refractivity contribution in [1.29, 1.82) is 0 Å². The molecule has 0 bridgehead atoms. The predicted octanol–water partition coefficient (Wildman–Crippen LogP) is 3.99. The van der Waals surface area contributed by atoms with Gasteiger partial charge in [0.1, 0.15) is 11.6 Å². The van der Waals surface area contributed by atoms with E-state index in [0.717, 1.165) is 24.8 Å². The van der Waals surface area contributed by atoms with Crippen molar-refractivity contribution in [2.45, 2.75) is 32.6 Å². The molecule has 0 unspecified atom stereocenters. The van der Waals surface area contributed by atoms with Crippen molar-refractivity contribution in [2.75, 3.05) is 19.0 Å². The summed E-state index contributed by atoms with van der Waals surface area (Å²) in [5.41, 5.74) is -0.103. The van der Waals surface area contributed by atoms with Crippen LogP contribution in [0.2, 0.25) is 0 Å². The van der Waals surface area contributed by atoms with Gasteiger partial charge in [0.15, 0.2) is 0 Å². The van der Waals surface area contributed by atoms with Gasteiger partial charge in [-0.1, -0.05) is 19.8 Å². The number of ether oxygens (including phenoxy) is 1. The van der Waals surface area contributed by atoms with Crippen LogP contribution in [0.25, 0.3) is 0 Å². The molecule has 116 valence electrons. The first-order chi connectivity index (χ1) is 10.0. The number of hydrogen-bond acceptors (Lipinski definition) is 3. The van der Waals surface area contributed by atoms with Gasteiger partial charge in [0.25, 0.3) is 0 Å². The molecule has 0 amide bonds. The van der Waals surface area contributed by atoms with Gasteiger partial charge in [-0.15, -0.1) is 0 Å². The predicted molar refractivity (Wildman–Crippen MR) is 77.3 cm³/mol. The summed E-state index contributed by atoms with van der Waals surface area (Å²) >= 11 is 0. The summed E-state index contributed by atoms with van der Waals surface area (Å²) in [7, 11) is 1.17. The number of rotatable bonds is 4. The largest absolute Gasteiger partial charge is 0.465 e. The van der Waals surface area contributed by atoms with Crippen LogP contribution in [-0.2, 0) is 4.74 Å². The van der Waals surface area contributed by atoms with Crippen LogP contribution in [0.4, 0.5) is 14.5 Å². The van der Waals surface area contributed by atoms with Crippen molar-refractivity contribution in [3.05, 3.63) is 29.3 Å². The normalized spacial score (nSPS) is 21.9. The Morgan fingerprint density at radius 3 is 2.52 bits per heavy atom. The number of esters is 1. The number of halogens is 2. The third kappa shape index (κ3) is 3.93. The number of carbonyl (C=O) groups is 1. The monoisotopic (exact) mass is 297 g/mol. The number of carbonyl (C=O) groups excluding carboxylic acids is 1. The van der Waals surface area contributed by atoms with E-state index >= 15 is 0 Å². The molecule has 1 N–H and O–H groups in total. The minimum atomic E-state index is -0.906. The van der Waals surface area contributed by atoms with Crippen LogP contribution in [0.15, 0.2) is 12.1 Å². The van der Waals surface area contributed by atoms with Gasteiger partial charge in [-0.2, -0.15) is 0 Å². The zero-order valence-electron chi connectivity index (χ0n) is 12.4. The molecule has 0 atom stereocenters. The molecular formula is C16H21F2NO2. The van der Waals surface area contributed by atoms with Gasteiger partial charge in [-0.05, 0) is 30.7 Å². The molecule has 21 heavy (non-hydrogen) atoms. The Morgan fingerprint density at radius 2 is 1.90 bits per heavy atom. The minimum absolute atomic E-state index is 0.149. The molecule has 0 heterocycles. The lowest BCUT2D eigenvalue weighted by atomic mass is 9.83. The van der Waals surface area contributed by atoms with Crippen LogP contribution >= 0.6 is 0 Å². The molecule has 0 radical (unpaired) electrons. The van der Waals surface area contributed by atoms with Crippen LogP contribution in [0.1, 0.15) is 43.0 Å². The van der Waals surface area contributed by atoms with Gasteiger partial charge >= 0.3 is 5.97 Å². The summed E-state index contributed by atoms with van der Waals surface area (Å²) in [6, 6.07) is 1.90. The van der Waals surface area contributed by atoms with E-state index in [4.69, 9.17) is 0 Å². The van der Waals surface area contributed by atoms with Crippen molar-refractivity contribution in [3.63, 3.8) is 0 Å². The Morgan fingerprint density at radius 1 is 1.24 bits per heavy atom. The van der Waals surface area contributed by atoms with Crippen molar-refractivity contribution in [3.8, 4) is 0 Å². The number of methoxy groups -OCH3 is 1. The van der Waals surface area contributed by atoms with Crippen molar-refractivity contribution < 1.29 is 18.3 Å². The standard InChI is InChI=1S/C16H21F2NO2/c1-10-3-5-11(6-4-10)9-19-15-7-12(16(20)21-2)13(17)8-14(15)18/h7-8,10-11,19H,3-6,9H2,1-2H3. The van der Waals surface area contributed by atoms with Gasteiger partial charge in [0.2, 0.25) is 0 Å². The fourth-order valence-corrected chi connectivity index (χ4v) is 2.74. The van der Waals surface area contributed by atoms with Gasteiger partial charge in [0, 0.05) is 12.6 Å². The highest BCUT2D eigenvalue weighted by Gasteiger charge is 2.20. The highest BCUT2D eigenvalue weighted by atomic mass is 19.1. The Bertz CT molecular complexity index is 511. The molecular weight excluding hydrogens is 276 g/mol. The van der Waals surface area contributed by atoms with E-state index in [1.54, 1.807) is 0 Å². The summed E-state index contributed by atoms with van der Waals surface area (Å²) in [4.78, 5) is 11.4. The van der Waals surface area contributed by atoms with Crippen LogP contribution in [0.5, 0.6) is 0 Å². The molecule has 0 aromatic heterocycles. The lowest BCUT2D eigenvalue weighted by Gasteiger charge is -2.26. The molecule has 2 rings (SSSR count). The zero-order valence-corrected chi connectivity index (χ0v) is 12.4. The lowest BCUT2D eigenvalue weighted by Crippen LogP contribution is -2.20. The van der Waals surface area contributed by atoms with Gasteiger partial charge < -0.3 is 10.1 Å². The maximum Gasteiger partial charge on any atom is 0.340 e. The quantitative estimate of drug-likeness (QED) is 0.854. The molecule has 0 saturated heterocycles. The minimum Gasteiger partial charge on any atom is -0.465 e. The van der Waals surface area contributed by atoms with Gasteiger partial charge in [-0.25, -0.2) is 13.6 Å². The van der Waals surface area contributed by atoms with Crippen molar-refractivity contribution in [2.24, 2.45) is 11.8 Å². The van der Waals surface area contributed by atoms with Crippen LogP contribution in [0.3, 0.4) is 0 Å². The Balaban J connectivity index is 2.04. The van der Waals surface area contributed by atoms with E-state index in [2.05, 4.69) is 17.0 Å². The first-order valence-electron chi connectivity index (χ1n) is 7.32. The van der Waals surface area contributed by atoms with E-state index < -0.39 is 17.6 Å². The second-order valence-corrected chi connectivity index (χ2v) is 5.81. The van der Waals surface area contributed by atoms with E-state index in [9.17, 15) is 13.6 Å². The van der Waals surface area contributed by atoms with Crippen LogP contribution in [-0.4, -0.2) is 19.6 Å². The fraction of sp³-hybridized carbons (Fsp3) is 0.562. The Kier molecular flexibility index (Phi) is 5.15. The number of anilines is 1. The fourth-order valence-electron chi connectivity index (χ4n) is 2.74. The summed E-state index contributed by atoms with van der Waals surface area (Å²) in [5, 5.41) is 2.99. The van der Waals surface area contributed by atoms with Gasteiger partial charge in [0.05, 0.1) is 18.4 Å². The van der Waals surface area contributed by atoms with Crippen molar-refractivity contribution in [1.82, 2.24) is 0 Å². The molecule has 1 aromatic rings. The third-order valence-electron chi connectivity index (χ3n) is 4.18. The maximum atomic E-state index is 13.8. The third-order valence-corrected chi connectivity index (χ3v) is 4.18. The van der Waals surface area contributed by atoms with Crippen molar-refractivity contribution >= 4 is 11.7 Å². The average Bonchev–Trinajstić information content (AvgIpc) is 2.47. The highest BCUT2D eigenvalue weighted by Crippen LogP contribution is 2.29. The number of nitrogens with one attached hydrogen (secondary N) is 1. The van der Waals surface area contributed by atoms with Gasteiger partial charge in [-0.3, -0.25) is 0 Å². The average molecular weight is 297 g/mol.